The number of hydrogen-bond acceptors (Lipinski definition) is 4. The Labute approximate surface area is 123 Å². The van der Waals surface area contributed by atoms with Crippen LogP contribution in [0.2, 0.25) is 0 Å². The van der Waals surface area contributed by atoms with Gasteiger partial charge in [0.2, 0.25) is 0 Å². The van der Waals surface area contributed by atoms with Crippen molar-refractivity contribution in [1.29, 1.82) is 0 Å². The molecule has 0 spiro atoms. The van der Waals surface area contributed by atoms with Gasteiger partial charge in [0.15, 0.2) is 0 Å². The number of rotatable bonds is 4. The molecule has 2 amide bonds. The highest BCUT2D eigenvalue weighted by molar-refractivity contribution is 7.11. The van der Waals surface area contributed by atoms with Crippen LogP contribution in [-0.4, -0.2) is 28.8 Å². The normalized spacial score (nSPS) is 22.6. The topological polar surface area (TPSA) is 74.2 Å². The number of hydrogen-bond donors (Lipinski definition) is 3. The van der Waals surface area contributed by atoms with Crippen LogP contribution >= 0.6 is 11.3 Å². The average molecular weight is 297 g/mol. The van der Waals surface area contributed by atoms with Gasteiger partial charge in [0, 0.05) is 23.4 Å². The zero-order valence-corrected chi connectivity index (χ0v) is 12.9. The zero-order valence-electron chi connectivity index (χ0n) is 12.1. The van der Waals surface area contributed by atoms with E-state index < -0.39 is 0 Å². The molecule has 1 aliphatic rings. The summed E-state index contributed by atoms with van der Waals surface area (Å²) in [6, 6.07) is -0.0747. The molecule has 112 valence electrons. The molecular weight excluding hydrogens is 274 g/mol. The highest BCUT2D eigenvalue weighted by atomic mass is 32.1. The molecule has 1 heterocycles. The van der Waals surface area contributed by atoms with Gasteiger partial charge in [-0.3, -0.25) is 0 Å². The minimum atomic E-state index is -0.166. The summed E-state index contributed by atoms with van der Waals surface area (Å²) in [5, 5.41) is 16.1. The molecule has 0 saturated heterocycles. The fraction of sp³-hybridized carbons (Fsp3) is 0.714. The van der Waals surface area contributed by atoms with E-state index in [0.717, 1.165) is 36.4 Å². The molecule has 1 aromatic rings. The quantitative estimate of drug-likeness (QED) is 0.797. The average Bonchev–Trinajstić information content (AvgIpc) is 2.76. The number of carbonyl (C=O) groups is 1. The minimum absolute atomic E-state index is 0.0912. The Hall–Kier alpha value is -1.14. The number of aliphatic hydroxyl groups excluding tert-OH is 1. The fourth-order valence-corrected chi connectivity index (χ4v) is 3.48. The molecule has 3 N–H and O–H groups in total. The van der Waals surface area contributed by atoms with E-state index in [4.69, 9.17) is 0 Å². The maximum absolute atomic E-state index is 11.9. The van der Waals surface area contributed by atoms with Crippen LogP contribution in [0.5, 0.6) is 0 Å². The van der Waals surface area contributed by atoms with Gasteiger partial charge in [0.25, 0.3) is 0 Å². The van der Waals surface area contributed by atoms with Crippen molar-refractivity contribution in [3.63, 3.8) is 0 Å². The van der Waals surface area contributed by atoms with Crippen molar-refractivity contribution >= 4 is 17.4 Å². The number of thiazole rings is 1. The van der Waals surface area contributed by atoms with E-state index in [9.17, 15) is 9.90 Å². The number of urea groups is 1. The van der Waals surface area contributed by atoms with Crippen molar-refractivity contribution < 1.29 is 9.90 Å². The molecule has 0 bridgehead atoms. The van der Waals surface area contributed by atoms with Gasteiger partial charge in [0.05, 0.1) is 12.2 Å². The largest absolute Gasteiger partial charge is 0.396 e. The Morgan fingerprint density at radius 3 is 2.80 bits per heavy atom. The van der Waals surface area contributed by atoms with Crippen molar-refractivity contribution in [2.75, 3.05) is 6.61 Å². The second-order valence-electron chi connectivity index (χ2n) is 5.41. The second-order valence-corrected chi connectivity index (χ2v) is 6.70. The highest BCUT2D eigenvalue weighted by Crippen LogP contribution is 2.23. The molecule has 5 nitrogen and oxygen atoms in total. The molecule has 1 fully saturated rings. The third kappa shape index (κ3) is 3.93. The van der Waals surface area contributed by atoms with Gasteiger partial charge in [-0.2, -0.15) is 0 Å². The highest BCUT2D eigenvalue weighted by Gasteiger charge is 2.25. The number of nitrogens with zero attached hydrogens (tertiary/aromatic N) is 1. The molecule has 1 aliphatic carbocycles. The molecule has 1 aromatic heterocycles. The Bertz CT molecular complexity index is 442. The van der Waals surface area contributed by atoms with Gasteiger partial charge in [-0.1, -0.05) is 12.8 Å². The molecule has 0 aromatic carbocycles. The third-order valence-corrected chi connectivity index (χ3v) is 5.01. The van der Waals surface area contributed by atoms with E-state index in [1.54, 1.807) is 11.3 Å². The summed E-state index contributed by atoms with van der Waals surface area (Å²) in [4.78, 5) is 17.5. The molecule has 0 aliphatic heterocycles. The van der Waals surface area contributed by atoms with E-state index in [1.165, 1.54) is 4.88 Å². The van der Waals surface area contributed by atoms with Crippen molar-refractivity contribution in [3.8, 4) is 0 Å². The lowest BCUT2D eigenvalue weighted by Crippen LogP contribution is -2.47. The molecule has 2 atom stereocenters. The van der Waals surface area contributed by atoms with E-state index in [0.29, 0.717) is 6.54 Å². The lowest BCUT2D eigenvalue weighted by molar-refractivity contribution is 0.153. The summed E-state index contributed by atoms with van der Waals surface area (Å²) in [7, 11) is 0. The summed E-state index contributed by atoms with van der Waals surface area (Å²) in [5.74, 6) is 0.193. The lowest BCUT2D eigenvalue weighted by atomic mass is 9.85. The van der Waals surface area contributed by atoms with Crippen LogP contribution in [0.4, 0.5) is 4.79 Å². The molecular formula is C14H23N3O2S. The summed E-state index contributed by atoms with van der Waals surface area (Å²) >= 11 is 1.61. The van der Waals surface area contributed by atoms with Gasteiger partial charge in [-0.05, 0) is 26.7 Å². The van der Waals surface area contributed by atoms with Crippen LogP contribution in [-0.2, 0) is 6.54 Å². The fourth-order valence-electron chi connectivity index (χ4n) is 2.61. The van der Waals surface area contributed by atoms with Gasteiger partial charge >= 0.3 is 6.03 Å². The molecule has 6 heteroatoms. The van der Waals surface area contributed by atoms with E-state index in [2.05, 4.69) is 15.6 Å². The Balaban J connectivity index is 1.79. The second kappa shape index (κ2) is 7.04. The lowest BCUT2D eigenvalue weighted by Gasteiger charge is -2.30. The number of carbonyl (C=O) groups excluding carboxylic acids is 1. The first kappa shape index (κ1) is 15.3. The number of amides is 2. The molecule has 0 radical (unpaired) electrons. The van der Waals surface area contributed by atoms with Crippen molar-refractivity contribution in [1.82, 2.24) is 15.6 Å². The Kier molecular flexibility index (Phi) is 5.37. The van der Waals surface area contributed by atoms with Crippen molar-refractivity contribution in [2.24, 2.45) is 5.92 Å². The van der Waals surface area contributed by atoms with E-state index >= 15 is 0 Å². The van der Waals surface area contributed by atoms with Crippen LogP contribution in [0, 0.1) is 19.8 Å². The molecule has 1 saturated carbocycles. The maximum atomic E-state index is 11.9. The molecule has 2 rings (SSSR count). The predicted octanol–water partition coefficient (Wildman–Crippen LogP) is 2.11. The van der Waals surface area contributed by atoms with Crippen molar-refractivity contribution in [2.45, 2.75) is 52.1 Å². The van der Waals surface area contributed by atoms with Gasteiger partial charge in [-0.25, -0.2) is 9.78 Å². The smallest absolute Gasteiger partial charge is 0.315 e. The first-order valence-electron chi connectivity index (χ1n) is 7.18. The van der Waals surface area contributed by atoms with E-state index in [1.807, 2.05) is 13.8 Å². The van der Waals surface area contributed by atoms with Crippen molar-refractivity contribution in [3.05, 3.63) is 15.6 Å². The maximum Gasteiger partial charge on any atom is 0.315 e. The van der Waals surface area contributed by atoms with Crippen LogP contribution in [0.3, 0.4) is 0 Å². The van der Waals surface area contributed by atoms with Crippen LogP contribution in [0.1, 0.15) is 41.3 Å². The summed E-state index contributed by atoms with van der Waals surface area (Å²) < 4.78 is 0. The van der Waals surface area contributed by atoms with Crippen LogP contribution in [0.25, 0.3) is 0 Å². The molecule has 2 unspecified atom stereocenters. The summed E-state index contributed by atoms with van der Waals surface area (Å²) in [6.07, 6.45) is 4.20. The minimum Gasteiger partial charge on any atom is -0.396 e. The first-order valence-corrected chi connectivity index (χ1v) is 8.00. The third-order valence-electron chi connectivity index (χ3n) is 3.93. The SMILES string of the molecule is Cc1nc(CNC(=O)NC2CCCCC2CO)sc1C. The Morgan fingerprint density at radius 1 is 1.40 bits per heavy atom. The summed E-state index contributed by atoms with van der Waals surface area (Å²) in [5.41, 5.74) is 1.03. The van der Waals surface area contributed by atoms with Crippen LogP contribution in [0.15, 0.2) is 0 Å². The number of aryl methyl sites for hydroxylation is 2. The standard InChI is InChI=1S/C14H23N3O2S/c1-9-10(2)20-13(16-9)7-15-14(19)17-12-6-4-3-5-11(12)8-18/h11-12,18H,3-8H2,1-2H3,(H2,15,17,19). The predicted molar refractivity (Wildman–Crippen MR) is 79.8 cm³/mol. The van der Waals surface area contributed by atoms with E-state index in [-0.39, 0.29) is 24.6 Å². The van der Waals surface area contributed by atoms with Gasteiger partial charge in [-0.15, -0.1) is 11.3 Å². The van der Waals surface area contributed by atoms with Gasteiger partial charge in [0.1, 0.15) is 5.01 Å². The van der Waals surface area contributed by atoms with Crippen LogP contribution < -0.4 is 10.6 Å². The number of aliphatic hydroxyl groups is 1. The summed E-state index contributed by atoms with van der Waals surface area (Å²) in [6.45, 7) is 4.62. The number of nitrogens with one attached hydrogen (secondary N) is 2. The Morgan fingerprint density at radius 2 is 2.15 bits per heavy atom. The zero-order chi connectivity index (χ0) is 14.5. The monoisotopic (exact) mass is 297 g/mol. The van der Waals surface area contributed by atoms with Gasteiger partial charge < -0.3 is 15.7 Å². The first-order chi connectivity index (χ1) is 9.60. The molecule has 20 heavy (non-hydrogen) atoms. The number of aromatic nitrogens is 1.